The van der Waals surface area contributed by atoms with Crippen LogP contribution < -0.4 is 19.5 Å². The Morgan fingerprint density at radius 1 is 1.10 bits per heavy atom. The molecule has 1 N–H and O–H groups in total. The van der Waals surface area contributed by atoms with Crippen LogP contribution in [0.1, 0.15) is 32.8 Å². The quantitative estimate of drug-likeness (QED) is 0.796. The van der Waals surface area contributed by atoms with Crippen LogP contribution in [0.3, 0.4) is 0 Å². The lowest BCUT2D eigenvalue weighted by atomic mass is 10.1. The van der Waals surface area contributed by atoms with Crippen molar-refractivity contribution in [3.63, 3.8) is 0 Å². The van der Waals surface area contributed by atoms with E-state index in [2.05, 4.69) is 32.2 Å². The summed E-state index contributed by atoms with van der Waals surface area (Å²) < 4.78 is 16.2. The second kappa shape index (κ2) is 8.57. The molecule has 0 atom stereocenters. The molecule has 4 heteroatoms. The molecule has 0 bridgehead atoms. The average molecular weight is 293 g/mol. The van der Waals surface area contributed by atoms with Crippen molar-refractivity contribution in [2.75, 3.05) is 27.9 Å². The van der Waals surface area contributed by atoms with Gasteiger partial charge in [-0.3, -0.25) is 0 Å². The molecule has 0 aliphatic carbocycles. The molecule has 0 fully saturated rings. The van der Waals surface area contributed by atoms with Crippen LogP contribution in [-0.2, 0) is 0 Å². The van der Waals surface area contributed by atoms with Crippen LogP contribution in [0.4, 0.5) is 0 Å². The van der Waals surface area contributed by atoms with Crippen molar-refractivity contribution in [2.45, 2.75) is 33.2 Å². The highest BCUT2D eigenvalue weighted by atomic mass is 16.5. The third kappa shape index (κ3) is 4.67. The summed E-state index contributed by atoms with van der Waals surface area (Å²) in [5.74, 6) is 2.00. The zero-order valence-corrected chi connectivity index (χ0v) is 13.9. The molecule has 0 unspecified atom stereocenters. The molecule has 0 spiro atoms. The summed E-state index contributed by atoms with van der Waals surface area (Å²) >= 11 is 0. The molecule has 21 heavy (non-hydrogen) atoms. The number of methoxy groups -OCH3 is 3. The van der Waals surface area contributed by atoms with Gasteiger partial charge in [0.05, 0.1) is 21.3 Å². The average Bonchev–Trinajstić information content (AvgIpc) is 2.49. The molecule has 0 aromatic heterocycles. The van der Waals surface area contributed by atoms with E-state index in [0.717, 1.165) is 18.5 Å². The fourth-order valence-corrected chi connectivity index (χ4v) is 2.07. The molecular formula is C17H27NO3. The van der Waals surface area contributed by atoms with Crippen LogP contribution in [0.25, 0.3) is 6.08 Å². The maximum Gasteiger partial charge on any atom is 0.203 e. The molecule has 0 aliphatic rings. The monoisotopic (exact) mass is 293 g/mol. The fourth-order valence-electron chi connectivity index (χ4n) is 2.07. The van der Waals surface area contributed by atoms with Crippen LogP contribution in [0.2, 0.25) is 0 Å². The van der Waals surface area contributed by atoms with Gasteiger partial charge < -0.3 is 19.5 Å². The summed E-state index contributed by atoms with van der Waals surface area (Å²) in [6.45, 7) is 7.31. The first kappa shape index (κ1) is 17.4. The molecule has 0 heterocycles. The number of rotatable bonds is 8. The van der Waals surface area contributed by atoms with Crippen molar-refractivity contribution < 1.29 is 14.2 Å². The van der Waals surface area contributed by atoms with Crippen molar-refractivity contribution in [3.05, 3.63) is 23.3 Å². The van der Waals surface area contributed by atoms with Crippen LogP contribution >= 0.6 is 0 Å². The molecule has 0 amide bonds. The number of hydrogen-bond acceptors (Lipinski definition) is 4. The first-order valence-electron chi connectivity index (χ1n) is 7.29. The summed E-state index contributed by atoms with van der Waals surface area (Å²) in [7, 11) is 4.89. The number of benzene rings is 1. The Kier molecular flexibility index (Phi) is 7.09. The topological polar surface area (TPSA) is 39.7 Å². The normalized spacial score (nSPS) is 11.7. The number of hydrogen-bond donors (Lipinski definition) is 1. The Morgan fingerprint density at radius 2 is 1.76 bits per heavy atom. The minimum absolute atomic E-state index is 0.465. The smallest absolute Gasteiger partial charge is 0.203 e. The molecule has 1 aromatic rings. The predicted octanol–water partition coefficient (Wildman–Crippen LogP) is 3.50. The standard InChI is InChI=1S/C17H27NO3/c1-7-13(11-18-12(2)3)10-14-8-9-15(19-4)17(21-6)16(14)20-5/h8-10,12,18H,7,11H2,1-6H3. The van der Waals surface area contributed by atoms with Crippen LogP contribution in [0.5, 0.6) is 17.2 Å². The van der Waals surface area contributed by atoms with Crippen molar-refractivity contribution in [1.82, 2.24) is 5.32 Å². The van der Waals surface area contributed by atoms with Crippen LogP contribution in [-0.4, -0.2) is 33.9 Å². The van der Waals surface area contributed by atoms with Gasteiger partial charge in [0, 0.05) is 18.2 Å². The van der Waals surface area contributed by atoms with Gasteiger partial charge in [0.25, 0.3) is 0 Å². The zero-order valence-electron chi connectivity index (χ0n) is 13.9. The second-order valence-corrected chi connectivity index (χ2v) is 5.12. The van der Waals surface area contributed by atoms with E-state index in [-0.39, 0.29) is 0 Å². The first-order valence-corrected chi connectivity index (χ1v) is 7.29. The van der Waals surface area contributed by atoms with E-state index in [1.54, 1.807) is 21.3 Å². The lowest BCUT2D eigenvalue weighted by molar-refractivity contribution is 0.324. The largest absolute Gasteiger partial charge is 0.493 e. The Balaban J connectivity index is 3.16. The lowest BCUT2D eigenvalue weighted by Gasteiger charge is -2.15. The predicted molar refractivity (Wildman–Crippen MR) is 87.5 cm³/mol. The van der Waals surface area contributed by atoms with Crippen molar-refractivity contribution in [3.8, 4) is 17.2 Å². The zero-order chi connectivity index (χ0) is 15.8. The van der Waals surface area contributed by atoms with E-state index in [9.17, 15) is 0 Å². The molecule has 118 valence electrons. The van der Waals surface area contributed by atoms with Crippen LogP contribution in [0, 0.1) is 0 Å². The molecule has 4 nitrogen and oxygen atoms in total. The van der Waals surface area contributed by atoms with E-state index >= 15 is 0 Å². The van der Waals surface area contributed by atoms with E-state index < -0.39 is 0 Å². The van der Waals surface area contributed by atoms with Gasteiger partial charge in [-0.15, -0.1) is 0 Å². The number of ether oxygens (including phenoxy) is 3. The number of nitrogens with one attached hydrogen (secondary N) is 1. The molecule has 0 aliphatic heterocycles. The summed E-state index contributed by atoms with van der Waals surface area (Å²) in [4.78, 5) is 0. The Bertz CT molecular complexity index is 481. The molecular weight excluding hydrogens is 266 g/mol. The Morgan fingerprint density at radius 3 is 2.24 bits per heavy atom. The van der Waals surface area contributed by atoms with E-state index in [4.69, 9.17) is 14.2 Å². The highest BCUT2D eigenvalue weighted by Crippen LogP contribution is 2.40. The van der Waals surface area contributed by atoms with Gasteiger partial charge in [0.2, 0.25) is 5.75 Å². The van der Waals surface area contributed by atoms with E-state index in [0.29, 0.717) is 23.3 Å². The summed E-state index contributed by atoms with van der Waals surface area (Å²) in [5, 5.41) is 3.44. The Labute approximate surface area is 128 Å². The SMILES string of the molecule is CCC(=Cc1ccc(OC)c(OC)c1OC)CNC(C)C. The highest BCUT2D eigenvalue weighted by Gasteiger charge is 2.14. The van der Waals surface area contributed by atoms with Gasteiger partial charge >= 0.3 is 0 Å². The molecule has 0 saturated carbocycles. The first-order chi connectivity index (χ1) is 10.1. The Hall–Kier alpha value is -1.68. The molecule has 1 rings (SSSR count). The maximum atomic E-state index is 5.51. The van der Waals surface area contributed by atoms with Gasteiger partial charge in [-0.05, 0) is 18.6 Å². The fraction of sp³-hybridized carbons (Fsp3) is 0.529. The summed E-state index contributed by atoms with van der Waals surface area (Å²) in [5.41, 5.74) is 2.31. The lowest BCUT2D eigenvalue weighted by Crippen LogP contribution is -2.24. The van der Waals surface area contributed by atoms with Gasteiger partial charge in [-0.25, -0.2) is 0 Å². The van der Waals surface area contributed by atoms with Crippen molar-refractivity contribution in [2.24, 2.45) is 0 Å². The third-order valence-electron chi connectivity index (χ3n) is 3.29. The van der Waals surface area contributed by atoms with Gasteiger partial charge in [-0.2, -0.15) is 0 Å². The summed E-state index contributed by atoms with van der Waals surface area (Å²) in [6, 6.07) is 4.36. The van der Waals surface area contributed by atoms with E-state index in [1.165, 1.54) is 5.57 Å². The minimum Gasteiger partial charge on any atom is -0.493 e. The van der Waals surface area contributed by atoms with Crippen LogP contribution in [0.15, 0.2) is 17.7 Å². The minimum atomic E-state index is 0.465. The molecule has 0 radical (unpaired) electrons. The van der Waals surface area contributed by atoms with Crippen molar-refractivity contribution >= 4 is 6.08 Å². The molecule has 0 saturated heterocycles. The van der Waals surface area contributed by atoms with E-state index in [1.807, 2.05) is 12.1 Å². The van der Waals surface area contributed by atoms with Crippen molar-refractivity contribution in [1.29, 1.82) is 0 Å². The van der Waals surface area contributed by atoms with Gasteiger partial charge in [-0.1, -0.05) is 32.4 Å². The third-order valence-corrected chi connectivity index (χ3v) is 3.29. The maximum absolute atomic E-state index is 5.51. The summed E-state index contributed by atoms with van der Waals surface area (Å²) in [6.07, 6.45) is 3.13. The highest BCUT2D eigenvalue weighted by molar-refractivity contribution is 5.68. The second-order valence-electron chi connectivity index (χ2n) is 5.12. The van der Waals surface area contributed by atoms with Gasteiger partial charge in [0.15, 0.2) is 11.5 Å². The molecule has 1 aromatic carbocycles. The van der Waals surface area contributed by atoms with Gasteiger partial charge in [0.1, 0.15) is 0 Å².